The van der Waals surface area contributed by atoms with E-state index in [0.717, 1.165) is 0 Å². The summed E-state index contributed by atoms with van der Waals surface area (Å²) < 4.78 is 4.82. The van der Waals surface area contributed by atoms with Crippen LogP contribution in [0.4, 0.5) is 0 Å². The highest BCUT2D eigenvalue weighted by Crippen LogP contribution is 2.22. The highest BCUT2D eigenvalue weighted by molar-refractivity contribution is 5.85. The summed E-state index contributed by atoms with van der Waals surface area (Å²) >= 11 is 0. The molecule has 0 bridgehead atoms. The molecule has 4 nitrogen and oxygen atoms in total. The van der Waals surface area contributed by atoms with Gasteiger partial charge in [-0.1, -0.05) is 37.5 Å². The molecule has 0 aliphatic heterocycles. The molecule has 1 fully saturated rings. The van der Waals surface area contributed by atoms with Crippen molar-refractivity contribution in [3.63, 3.8) is 0 Å². The van der Waals surface area contributed by atoms with Crippen molar-refractivity contribution < 1.29 is 14.3 Å². The molecule has 0 aromatic heterocycles. The molecule has 1 N–H and O–H groups in total. The number of amides is 1. The van der Waals surface area contributed by atoms with Gasteiger partial charge in [0, 0.05) is 12.6 Å². The molecule has 1 aliphatic carbocycles. The summed E-state index contributed by atoms with van der Waals surface area (Å²) in [6.07, 6.45) is 12.6. The van der Waals surface area contributed by atoms with Gasteiger partial charge in [0.15, 0.2) is 6.61 Å². The van der Waals surface area contributed by atoms with Gasteiger partial charge in [-0.15, -0.1) is 0 Å². The van der Waals surface area contributed by atoms with E-state index in [2.05, 4.69) is 5.32 Å². The lowest BCUT2D eigenvalue weighted by Gasteiger charge is -2.21. The van der Waals surface area contributed by atoms with Crippen molar-refractivity contribution in [3.8, 4) is 0 Å². The van der Waals surface area contributed by atoms with Crippen molar-refractivity contribution in [3.05, 3.63) is 24.3 Å². The summed E-state index contributed by atoms with van der Waals surface area (Å²) in [7, 11) is 0. The second-order valence-corrected chi connectivity index (χ2v) is 4.80. The first-order valence-electron chi connectivity index (χ1n) is 6.95. The molecule has 1 amide bonds. The number of hydrogen-bond acceptors (Lipinski definition) is 3. The zero-order valence-electron chi connectivity index (χ0n) is 11.6. The SMILES string of the molecule is C/C=C/C=C/C(=O)OCC(=O)NCC1CCCCC1. The Bertz CT molecular complexity index is 341. The largest absolute Gasteiger partial charge is 0.452 e. The van der Waals surface area contributed by atoms with Gasteiger partial charge in [-0.3, -0.25) is 4.79 Å². The molecule has 1 rings (SSSR count). The van der Waals surface area contributed by atoms with Crippen LogP contribution in [-0.2, 0) is 14.3 Å². The zero-order chi connectivity index (χ0) is 13.9. The normalized spacial score (nSPS) is 16.9. The molecule has 0 spiro atoms. The van der Waals surface area contributed by atoms with Crippen molar-refractivity contribution in [2.45, 2.75) is 39.0 Å². The summed E-state index contributed by atoms with van der Waals surface area (Å²) in [4.78, 5) is 22.7. The van der Waals surface area contributed by atoms with Gasteiger partial charge in [0.2, 0.25) is 0 Å². The lowest BCUT2D eigenvalue weighted by Crippen LogP contribution is -2.33. The van der Waals surface area contributed by atoms with Crippen molar-refractivity contribution in [2.75, 3.05) is 13.2 Å². The third-order valence-electron chi connectivity index (χ3n) is 3.19. The summed E-state index contributed by atoms with van der Waals surface area (Å²) in [5, 5.41) is 2.82. The molecule has 0 aromatic rings. The highest BCUT2D eigenvalue weighted by atomic mass is 16.5. The molecule has 106 valence electrons. The Morgan fingerprint density at radius 1 is 1.21 bits per heavy atom. The maximum atomic E-state index is 11.5. The van der Waals surface area contributed by atoms with E-state index in [1.54, 1.807) is 18.2 Å². The summed E-state index contributed by atoms with van der Waals surface area (Å²) in [6, 6.07) is 0. The molecule has 0 atom stereocenters. The Morgan fingerprint density at radius 2 is 1.95 bits per heavy atom. The van der Waals surface area contributed by atoms with Gasteiger partial charge in [0.05, 0.1) is 0 Å². The average molecular weight is 265 g/mol. The fraction of sp³-hybridized carbons (Fsp3) is 0.600. The molecule has 0 aromatic carbocycles. The minimum atomic E-state index is -0.495. The van der Waals surface area contributed by atoms with Crippen molar-refractivity contribution in [1.29, 1.82) is 0 Å². The maximum absolute atomic E-state index is 11.5. The van der Waals surface area contributed by atoms with Gasteiger partial charge >= 0.3 is 5.97 Å². The Hall–Kier alpha value is -1.58. The number of esters is 1. The smallest absolute Gasteiger partial charge is 0.331 e. The van der Waals surface area contributed by atoms with E-state index in [1.165, 1.54) is 38.2 Å². The molecule has 0 saturated heterocycles. The van der Waals surface area contributed by atoms with Crippen molar-refractivity contribution >= 4 is 11.9 Å². The second-order valence-electron chi connectivity index (χ2n) is 4.80. The van der Waals surface area contributed by atoms with E-state index in [1.807, 2.05) is 6.92 Å². The second kappa shape index (κ2) is 9.36. The van der Waals surface area contributed by atoms with E-state index in [4.69, 9.17) is 4.74 Å². The Kier molecular flexibility index (Phi) is 7.63. The number of carbonyl (C=O) groups is 2. The standard InChI is InChI=1S/C15H23NO3/c1-2-3-5-10-15(18)19-12-14(17)16-11-13-8-6-4-7-9-13/h2-3,5,10,13H,4,6-9,11-12H2,1H3,(H,16,17)/b3-2+,10-5+. The first-order chi connectivity index (χ1) is 9.22. The highest BCUT2D eigenvalue weighted by Gasteiger charge is 2.14. The quantitative estimate of drug-likeness (QED) is 0.455. The minimum absolute atomic E-state index is 0.203. The minimum Gasteiger partial charge on any atom is -0.452 e. The number of nitrogens with one attached hydrogen (secondary N) is 1. The molecule has 0 unspecified atom stereocenters. The van der Waals surface area contributed by atoms with E-state index in [-0.39, 0.29) is 12.5 Å². The Labute approximate surface area is 114 Å². The van der Waals surface area contributed by atoms with Gasteiger partial charge in [-0.25, -0.2) is 4.79 Å². The van der Waals surface area contributed by atoms with Crippen LogP contribution in [0, 0.1) is 5.92 Å². The molecule has 19 heavy (non-hydrogen) atoms. The number of hydrogen-bond donors (Lipinski definition) is 1. The van der Waals surface area contributed by atoms with Crippen molar-refractivity contribution in [2.24, 2.45) is 5.92 Å². The van der Waals surface area contributed by atoms with Gasteiger partial charge in [-0.2, -0.15) is 0 Å². The van der Waals surface area contributed by atoms with Crippen LogP contribution in [0.15, 0.2) is 24.3 Å². The fourth-order valence-electron chi connectivity index (χ4n) is 2.13. The van der Waals surface area contributed by atoms with Gasteiger partial charge in [-0.05, 0) is 25.7 Å². The lowest BCUT2D eigenvalue weighted by molar-refractivity contribution is -0.143. The predicted molar refractivity (Wildman–Crippen MR) is 74.5 cm³/mol. The maximum Gasteiger partial charge on any atom is 0.331 e. The first-order valence-corrected chi connectivity index (χ1v) is 6.95. The number of carbonyl (C=O) groups excluding carboxylic acids is 2. The first kappa shape index (κ1) is 15.5. The number of rotatable bonds is 6. The van der Waals surface area contributed by atoms with Gasteiger partial charge in [0.1, 0.15) is 0 Å². The Morgan fingerprint density at radius 3 is 2.63 bits per heavy atom. The topological polar surface area (TPSA) is 55.4 Å². The van der Waals surface area contributed by atoms with Crippen LogP contribution in [0.1, 0.15) is 39.0 Å². The summed E-state index contributed by atoms with van der Waals surface area (Å²) in [6.45, 7) is 2.35. The zero-order valence-corrected chi connectivity index (χ0v) is 11.6. The predicted octanol–water partition coefficient (Wildman–Crippen LogP) is 2.36. The summed E-state index contributed by atoms with van der Waals surface area (Å²) in [5.74, 6) is -0.132. The summed E-state index contributed by atoms with van der Waals surface area (Å²) in [5.41, 5.74) is 0. The van der Waals surface area contributed by atoms with Crippen LogP contribution < -0.4 is 5.32 Å². The molecule has 0 heterocycles. The van der Waals surface area contributed by atoms with Gasteiger partial charge < -0.3 is 10.1 Å². The molecule has 1 saturated carbocycles. The van der Waals surface area contributed by atoms with E-state index >= 15 is 0 Å². The fourth-order valence-corrected chi connectivity index (χ4v) is 2.13. The third kappa shape index (κ3) is 7.44. The molecular formula is C15H23NO3. The van der Waals surface area contributed by atoms with Crippen LogP contribution in [0.25, 0.3) is 0 Å². The molecule has 1 aliphatic rings. The van der Waals surface area contributed by atoms with E-state index in [0.29, 0.717) is 12.5 Å². The lowest BCUT2D eigenvalue weighted by atomic mass is 9.89. The molecule has 0 radical (unpaired) electrons. The number of allylic oxidation sites excluding steroid dienone is 3. The van der Waals surface area contributed by atoms with Gasteiger partial charge in [0.25, 0.3) is 5.91 Å². The Balaban J connectivity index is 2.11. The van der Waals surface area contributed by atoms with E-state index < -0.39 is 5.97 Å². The third-order valence-corrected chi connectivity index (χ3v) is 3.19. The van der Waals surface area contributed by atoms with Crippen LogP contribution in [-0.4, -0.2) is 25.0 Å². The monoisotopic (exact) mass is 265 g/mol. The van der Waals surface area contributed by atoms with Crippen LogP contribution >= 0.6 is 0 Å². The molecule has 4 heteroatoms. The molecular weight excluding hydrogens is 242 g/mol. The average Bonchev–Trinajstić information content (AvgIpc) is 2.44. The van der Waals surface area contributed by atoms with Crippen LogP contribution in [0.2, 0.25) is 0 Å². The van der Waals surface area contributed by atoms with Crippen LogP contribution in [0.5, 0.6) is 0 Å². The van der Waals surface area contributed by atoms with E-state index in [9.17, 15) is 9.59 Å². The van der Waals surface area contributed by atoms with Crippen LogP contribution in [0.3, 0.4) is 0 Å². The van der Waals surface area contributed by atoms with Crippen molar-refractivity contribution in [1.82, 2.24) is 5.32 Å². The number of ether oxygens (including phenoxy) is 1.